The molecule has 2 heterocycles. The van der Waals surface area contributed by atoms with Crippen LogP contribution in [0.4, 0.5) is 10.1 Å². The molecule has 0 unspecified atom stereocenters. The van der Waals surface area contributed by atoms with Crippen molar-refractivity contribution in [3.8, 4) is 5.75 Å². The van der Waals surface area contributed by atoms with E-state index in [9.17, 15) is 14.0 Å². The first-order chi connectivity index (χ1) is 15.0. The van der Waals surface area contributed by atoms with Gasteiger partial charge in [-0.25, -0.2) is 4.39 Å². The minimum absolute atomic E-state index is 0.102. The largest absolute Gasteiger partial charge is 0.497 e. The Hall–Kier alpha value is -3.33. The number of piperidine rings is 1. The lowest BCUT2D eigenvalue weighted by atomic mass is 9.97. The number of nitrogens with one attached hydrogen (secondary N) is 1. The normalized spacial score (nSPS) is 14.3. The molecule has 31 heavy (non-hydrogen) atoms. The van der Waals surface area contributed by atoms with Gasteiger partial charge in [0.25, 0.3) is 11.8 Å². The Morgan fingerprint density at radius 3 is 2.39 bits per heavy atom. The third-order valence-corrected chi connectivity index (χ3v) is 6.29. The number of nitrogens with zero attached hydrogens (tertiary/aromatic N) is 3. The second kappa shape index (κ2) is 9.22. The number of anilines is 1. The van der Waals surface area contributed by atoms with E-state index in [0.717, 1.165) is 17.8 Å². The summed E-state index contributed by atoms with van der Waals surface area (Å²) in [6.45, 7) is 1.15. The summed E-state index contributed by atoms with van der Waals surface area (Å²) in [7, 11) is 1.58. The number of carbonyl (C=O) groups is 2. The zero-order chi connectivity index (χ0) is 21.8. The molecular formula is C22H21FN4O3S. The fraction of sp³-hybridized carbons (Fsp3) is 0.273. The van der Waals surface area contributed by atoms with Crippen LogP contribution in [0.25, 0.3) is 0 Å². The molecular weight excluding hydrogens is 419 g/mol. The first kappa shape index (κ1) is 20.9. The minimum Gasteiger partial charge on any atom is -0.497 e. The summed E-state index contributed by atoms with van der Waals surface area (Å²) in [5.74, 6) is 0.0872. The Morgan fingerprint density at radius 1 is 1.06 bits per heavy atom. The molecule has 1 aliphatic heterocycles. The van der Waals surface area contributed by atoms with Gasteiger partial charge in [-0.3, -0.25) is 9.59 Å². The molecule has 0 spiro atoms. The summed E-state index contributed by atoms with van der Waals surface area (Å²) in [6, 6.07) is 12.6. The fourth-order valence-electron chi connectivity index (χ4n) is 3.45. The monoisotopic (exact) mass is 440 g/mol. The van der Waals surface area contributed by atoms with E-state index >= 15 is 0 Å². The molecule has 1 aliphatic rings. The van der Waals surface area contributed by atoms with Crippen LogP contribution in [0.2, 0.25) is 0 Å². The Morgan fingerprint density at radius 2 is 1.74 bits per heavy atom. The predicted molar refractivity (Wildman–Crippen MR) is 115 cm³/mol. The molecule has 1 saturated heterocycles. The molecule has 0 radical (unpaired) electrons. The Kier molecular flexibility index (Phi) is 6.22. The van der Waals surface area contributed by atoms with Crippen molar-refractivity contribution in [3.63, 3.8) is 0 Å². The second-order valence-electron chi connectivity index (χ2n) is 7.20. The van der Waals surface area contributed by atoms with Crippen LogP contribution in [0.1, 0.15) is 43.9 Å². The van der Waals surface area contributed by atoms with Crippen LogP contribution in [-0.2, 0) is 0 Å². The van der Waals surface area contributed by atoms with Crippen LogP contribution < -0.4 is 10.1 Å². The van der Waals surface area contributed by atoms with E-state index in [1.54, 1.807) is 36.3 Å². The molecule has 0 aliphatic carbocycles. The number of hydrogen-bond donors (Lipinski definition) is 1. The predicted octanol–water partition coefficient (Wildman–Crippen LogP) is 3.96. The lowest BCUT2D eigenvalue weighted by molar-refractivity contribution is 0.0712. The van der Waals surface area contributed by atoms with Gasteiger partial charge in [0.2, 0.25) is 5.01 Å². The molecule has 0 bridgehead atoms. The molecule has 160 valence electrons. The number of ether oxygens (including phenoxy) is 1. The first-order valence-corrected chi connectivity index (χ1v) is 10.7. The van der Waals surface area contributed by atoms with Crippen LogP contribution in [0.5, 0.6) is 5.75 Å². The van der Waals surface area contributed by atoms with Crippen molar-refractivity contribution in [1.29, 1.82) is 0 Å². The Labute approximate surface area is 182 Å². The van der Waals surface area contributed by atoms with E-state index in [1.165, 1.54) is 35.6 Å². The highest BCUT2D eigenvalue weighted by Gasteiger charge is 2.27. The van der Waals surface area contributed by atoms with Gasteiger partial charge in [-0.1, -0.05) is 11.3 Å². The maximum Gasteiger partial charge on any atom is 0.286 e. The van der Waals surface area contributed by atoms with Gasteiger partial charge in [0, 0.05) is 30.3 Å². The zero-order valence-electron chi connectivity index (χ0n) is 16.9. The molecule has 0 atom stereocenters. The minimum atomic E-state index is -0.363. The number of likely N-dealkylation sites (tertiary alicyclic amines) is 1. The van der Waals surface area contributed by atoms with E-state index in [2.05, 4.69) is 15.5 Å². The van der Waals surface area contributed by atoms with Gasteiger partial charge in [0.15, 0.2) is 0 Å². The number of rotatable bonds is 5. The van der Waals surface area contributed by atoms with E-state index in [1.807, 2.05) is 0 Å². The highest BCUT2D eigenvalue weighted by Crippen LogP contribution is 2.31. The number of amides is 2. The number of methoxy groups -OCH3 is 1. The average Bonchev–Trinajstić information content (AvgIpc) is 3.30. The van der Waals surface area contributed by atoms with Crippen molar-refractivity contribution < 1.29 is 18.7 Å². The summed E-state index contributed by atoms with van der Waals surface area (Å²) in [5.41, 5.74) is 1.13. The molecule has 9 heteroatoms. The smallest absolute Gasteiger partial charge is 0.286 e. The van der Waals surface area contributed by atoms with Crippen LogP contribution in [-0.4, -0.2) is 47.1 Å². The highest BCUT2D eigenvalue weighted by molar-refractivity contribution is 7.13. The Bertz CT molecular complexity index is 1060. The van der Waals surface area contributed by atoms with Crippen molar-refractivity contribution in [2.75, 3.05) is 25.5 Å². The van der Waals surface area contributed by atoms with Gasteiger partial charge < -0.3 is 15.0 Å². The average molecular weight is 441 g/mol. The molecule has 4 rings (SSSR count). The van der Waals surface area contributed by atoms with Crippen molar-refractivity contribution in [2.45, 2.75) is 18.8 Å². The van der Waals surface area contributed by atoms with Gasteiger partial charge in [0.05, 0.1) is 7.11 Å². The maximum absolute atomic E-state index is 13.1. The molecule has 1 fully saturated rings. The van der Waals surface area contributed by atoms with Crippen LogP contribution in [0.15, 0.2) is 48.5 Å². The van der Waals surface area contributed by atoms with Gasteiger partial charge in [-0.05, 0) is 61.4 Å². The van der Waals surface area contributed by atoms with E-state index in [0.29, 0.717) is 35.1 Å². The molecule has 2 aromatic carbocycles. The van der Waals surface area contributed by atoms with Crippen LogP contribution >= 0.6 is 11.3 Å². The lowest BCUT2D eigenvalue weighted by Crippen LogP contribution is -2.37. The lowest BCUT2D eigenvalue weighted by Gasteiger charge is -2.31. The summed E-state index contributed by atoms with van der Waals surface area (Å²) in [4.78, 5) is 26.8. The van der Waals surface area contributed by atoms with Crippen molar-refractivity contribution in [1.82, 2.24) is 15.1 Å². The van der Waals surface area contributed by atoms with Crippen LogP contribution in [0, 0.1) is 5.82 Å². The SMILES string of the molecule is COc1ccc(NC(=O)c2nnc(C3CCN(C(=O)c4ccc(F)cc4)CC3)s2)cc1. The topological polar surface area (TPSA) is 84.4 Å². The number of benzene rings is 2. The Balaban J connectivity index is 1.33. The van der Waals surface area contributed by atoms with E-state index in [-0.39, 0.29) is 23.5 Å². The van der Waals surface area contributed by atoms with Crippen molar-refractivity contribution >= 4 is 28.8 Å². The standard InChI is InChI=1S/C22H21FN4O3S/c1-30-18-8-6-17(7-9-18)24-19(28)21-26-25-20(31-21)14-10-12-27(13-11-14)22(29)15-2-4-16(23)5-3-15/h2-9,14H,10-13H2,1H3,(H,24,28). The fourth-order valence-corrected chi connectivity index (χ4v) is 4.36. The molecule has 7 nitrogen and oxygen atoms in total. The number of carbonyl (C=O) groups excluding carboxylic acids is 2. The zero-order valence-corrected chi connectivity index (χ0v) is 17.7. The van der Waals surface area contributed by atoms with Crippen molar-refractivity contribution in [2.24, 2.45) is 0 Å². The van der Waals surface area contributed by atoms with Gasteiger partial charge in [-0.15, -0.1) is 10.2 Å². The third kappa shape index (κ3) is 4.88. The molecule has 1 N–H and O–H groups in total. The first-order valence-electron chi connectivity index (χ1n) is 9.87. The van der Waals surface area contributed by atoms with Crippen molar-refractivity contribution in [3.05, 3.63) is 69.9 Å². The maximum atomic E-state index is 13.1. The summed E-state index contributed by atoms with van der Waals surface area (Å²) in [5, 5.41) is 12.2. The third-order valence-electron chi connectivity index (χ3n) is 5.21. The molecule has 2 amide bonds. The van der Waals surface area contributed by atoms with Crippen LogP contribution in [0.3, 0.4) is 0 Å². The molecule has 3 aromatic rings. The second-order valence-corrected chi connectivity index (χ2v) is 8.21. The summed E-state index contributed by atoms with van der Waals surface area (Å²) in [6.07, 6.45) is 1.48. The van der Waals surface area contributed by atoms with E-state index in [4.69, 9.17) is 4.74 Å². The quantitative estimate of drug-likeness (QED) is 0.649. The van der Waals surface area contributed by atoms with Gasteiger partial charge in [0.1, 0.15) is 16.6 Å². The number of aromatic nitrogens is 2. The summed E-state index contributed by atoms with van der Waals surface area (Å²) < 4.78 is 18.2. The summed E-state index contributed by atoms with van der Waals surface area (Å²) >= 11 is 1.28. The molecule has 1 aromatic heterocycles. The van der Waals surface area contributed by atoms with E-state index < -0.39 is 0 Å². The number of hydrogen-bond acceptors (Lipinski definition) is 6. The number of halogens is 1. The van der Waals surface area contributed by atoms with Gasteiger partial charge in [-0.2, -0.15) is 0 Å². The molecule has 0 saturated carbocycles. The highest BCUT2D eigenvalue weighted by atomic mass is 32.1. The van der Waals surface area contributed by atoms with Gasteiger partial charge >= 0.3 is 0 Å².